The molecule has 2 aromatic carbocycles. The first-order valence-corrected chi connectivity index (χ1v) is 12.2. The number of imidazole rings is 1. The molecule has 0 saturated heterocycles. The Morgan fingerprint density at radius 2 is 1.94 bits per heavy atom. The van der Waals surface area contributed by atoms with E-state index in [1.807, 2.05) is 30.3 Å². The Morgan fingerprint density at radius 1 is 1.17 bits per heavy atom. The minimum Gasteiger partial charge on any atom is -0.481 e. The maximum Gasteiger partial charge on any atom is 0.348 e. The fourth-order valence-corrected chi connectivity index (χ4v) is 4.25. The van der Waals surface area contributed by atoms with Crippen LogP contribution in [-0.2, 0) is 13.0 Å². The quantitative estimate of drug-likeness (QED) is 0.295. The Morgan fingerprint density at radius 3 is 2.63 bits per heavy atom. The standard InChI is InChI=1S/C28H29ClN4O2/c1-5-7-8-25-30-23(27(29)31-25)17-33-24-14-13-21(35-15-6-2)16-22(24)26(32-28(33)34)20-11-9-19(10-12-20)18(3)4/h2,9-14,16,18H,5,7-8,15,17H2,1,3-4H3,(H,30,31). The van der Waals surface area contributed by atoms with Crippen LogP contribution in [0, 0.1) is 12.3 Å². The smallest absolute Gasteiger partial charge is 0.348 e. The van der Waals surface area contributed by atoms with Gasteiger partial charge in [0.15, 0.2) is 5.15 Å². The normalized spacial score (nSPS) is 11.2. The fourth-order valence-electron chi connectivity index (χ4n) is 4.04. The number of unbranched alkanes of at least 4 members (excludes halogenated alkanes) is 1. The highest BCUT2D eigenvalue weighted by molar-refractivity contribution is 6.30. The molecule has 1 N–H and O–H groups in total. The van der Waals surface area contributed by atoms with E-state index in [-0.39, 0.29) is 18.8 Å². The molecule has 0 amide bonds. The van der Waals surface area contributed by atoms with Crippen molar-refractivity contribution in [3.63, 3.8) is 0 Å². The molecule has 0 bridgehead atoms. The van der Waals surface area contributed by atoms with Crippen LogP contribution in [0.1, 0.15) is 56.6 Å². The van der Waals surface area contributed by atoms with Crippen LogP contribution in [0.4, 0.5) is 0 Å². The Bertz CT molecular complexity index is 1430. The van der Waals surface area contributed by atoms with E-state index < -0.39 is 0 Å². The lowest BCUT2D eigenvalue weighted by atomic mass is 9.99. The molecule has 7 heteroatoms. The fraction of sp³-hybridized carbons (Fsp3) is 0.321. The van der Waals surface area contributed by atoms with Crippen molar-refractivity contribution in [1.29, 1.82) is 0 Å². The van der Waals surface area contributed by atoms with Crippen LogP contribution in [0.2, 0.25) is 5.15 Å². The second-order valence-electron chi connectivity index (χ2n) is 8.83. The lowest BCUT2D eigenvalue weighted by Gasteiger charge is -2.14. The molecule has 0 aliphatic carbocycles. The first kappa shape index (κ1) is 24.6. The van der Waals surface area contributed by atoms with Gasteiger partial charge in [0.05, 0.1) is 23.4 Å². The first-order valence-electron chi connectivity index (χ1n) is 11.9. The number of hydrogen-bond acceptors (Lipinski definition) is 4. The largest absolute Gasteiger partial charge is 0.481 e. The molecule has 0 spiro atoms. The van der Waals surface area contributed by atoms with E-state index in [0.717, 1.165) is 41.6 Å². The molecule has 0 fully saturated rings. The highest BCUT2D eigenvalue weighted by atomic mass is 35.5. The zero-order chi connectivity index (χ0) is 24.9. The summed E-state index contributed by atoms with van der Waals surface area (Å²) in [5.74, 6) is 4.33. The van der Waals surface area contributed by atoms with Gasteiger partial charge in [0.2, 0.25) is 0 Å². The molecule has 0 atom stereocenters. The van der Waals surface area contributed by atoms with Crippen molar-refractivity contribution < 1.29 is 4.74 Å². The van der Waals surface area contributed by atoms with Crippen molar-refractivity contribution in [1.82, 2.24) is 19.5 Å². The zero-order valence-electron chi connectivity index (χ0n) is 20.3. The molecule has 2 aromatic heterocycles. The van der Waals surface area contributed by atoms with Gasteiger partial charge in [-0.15, -0.1) is 6.42 Å². The number of aromatic amines is 1. The first-order chi connectivity index (χ1) is 16.9. The summed E-state index contributed by atoms with van der Waals surface area (Å²) < 4.78 is 7.27. The molecular weight excluding hydrogens is 460 g/mol. The highest BCUT2D eigenvalue weighted by Crippen LogP contribution is 2.30. The maximum atomic E-state index is 13.3. The minimum atomic E-state index is -0.362. The van der Waals surface area contributed by atoms with Gasteiger partial charge in [0.25, 0.3) is 0 Å². The monoisotopic (exact) mass is 488 g/mol. The average Bonchev–Trinajstić information content (AvgIpc) is 3.21. The minimum absolute atomic E-state index is 0.154. The van der Waals surface area contributed by atoms with E-state index in [4.69, 9.17) is 22.8 Å². The van der Waals surface area contributed by atoms with E-state index in [1.165, 1.54) is 5.56 Å². The molecule has 0 aliphatic heterocycles. The molecule has 0 aliphatic rings. The summed E-state index contributed by atoms with van der Waals surface area (Å²) in [6.45, 7) is 6.81. The number of aromatic nitrogens is 4. The number of hydrogen-bond donors (Lipinski definition) is 1. The maximum absolute atomic E-state index is 13.3. The van der Waals surface area contributed by atoms with Crippen LogP contribution in [0.5, 0.6) is 5.75 Å². The summed E-state index contributed by atoms with van der Waals surface area (Å²) >= 11 is 6.41. The third-order valence-corrected chi connectivity index (χ3v) is 6.30. The summed E-state index contributed by atoms with van der Waals surface area (Å²) in [5, 5.41) is 1.16. The molecule has 35 heavy (non-hydrogen) atoms. The summed E-state index contributed by atoms with van der Waals surface area (Å²) in [5.41, 5.74) is 3.73. The molecular formula is C28H29ClN4O2. The lowest BCUT2D eigenvalue weighted by molar-refractivity contribution is 0.371. The van der Waals surface area contributed by atoms with E-state index >= 15 is 0 Å². The number of halogens is 1. The third-order valence-electron chi connectivity index (χ3n) is 5.99. The Labute approximate surface area is 210 Å². The van der Waals surface area contributed by atoms with Gasteiger partial charge < -0.3 is 9.72 Å². The lowest BCUT2D eigenvalue weighted by Crippen LogP contribution is -2.25. The summed E-state index contributed by atoms with van der Waals surface area (Å²) in [6.07, 6.45) is 8.25. The molecule has 6 nitrogen and oxygen atoms in total. The molecule has 4 aromatic rings. The van der Waals surface area contributed by atoms with Crippen molar-refractivity contribution in [3.8, 4) is 29.4 Å². The van der Waals surface area contributed by atoms with Gasteiger partial charge in [-0.3, -0.25) is 4.57 Å². The number of rotatable bonds is 9. The van der Waals surface area contributed by atoms with E-state index in [1.54, 1.807) is 4.57 Å². The Balaban J connectivity index is 1.83. The molecule has 0 unspecified atom stereocenters. The molecule has 4 rings (SSSR count). The van der Waals surface area contributed by atoms with Crippen molar-refractivity contribution in [3.05, 3.63) is 75.2 Å². The van der Waals surface area contributed by atoms with Crippen molar-refractivity contribution in [2.24, 2.45) is 0 Å². The summed E-state index contributed by atoms with van der Waals surface area (Å²) in [4.78, 5) is 25.5. The molecule has 0 saturated carbocycles. The van der Waals surface area contributed by atoms with Gasteiger partial charge in [-0.25, -0.2) is 9.78 Å². The van der Waals surface area contributed by atoms with Gasteiger partial charge in [-0.1, -0.05) is 69.0 Å². The van der Waals surface area contributed by atoms with Crippen molar-refractivity contribution >= 4 is 22.5 Å². The SMILES string of the molecule is C#CCOc1ccc2c(c1)c(-c1ccc(C(C)C)cc1)nc(=O)n2Cc1[nH]c(CCCC)nc1Cl. The van der Waals surface area contributed by atoms with Gasteiger partial charge in [-0.05, 0) is 36.1 Å². The molecule has 2 heterocycles. The summed E-state index contributed by atoms with van der Waals surface area (Å²) in [7, 11) is 0. The molecule has 180 valence electrons. The second kappa shape index (κ2) is 10.8. The third kappa shape index (κ3) is 5.41. The van der Waals surface area contributed by atoms with Gasteiger partial charge >= 0.3 is 5.69 Å². The van der Waals surface area contributed by atoms with Crippen LogP contribution in [0.3, 0.4) is 0 Å². The Kier molecular flexibility index (Phi) is 7.57. The van der Waals surface area contributed by atoms with Gasteiger partial charge in [-0.2, -0.15) is 4.98 Å². The number of aryl methyl sites for hydroxylation is 1. The molecule has 0 radical (unpaired) electrons. The number of H-pyrrole nitrogens is 1. The van der Waals surface area contributed by atoms with E-state index in [2.05, 4.69) is 53.8 Å². The number of fused-ring (bicyclic) bond motifs is 1. The van der Waals surface area contributed by atoms with Crippen LogP contribution < -0.4 is 10.4 Å². The number of terminal acetylenes is 1. The number of nitrogens with one attached hydrogen (secondary N) is 1. The number of nitrogens with zero attached hydrogens (tertiary/aromatic N) is 3. The van der Waals surface area contributed by atoms with Gasteiger partial charge in [0.1, 0.15) is 18.2 Å². The van der Waals surface area contributed by atoms with Crippen molar-refractivity contribution in [2.45, 2.75) is 52.5 Å². The number of benzene rings is 2. The van der Waals surface area contributed by atoms with Crippen LogP contribution in [0.15, 0.2) is 47.3 Å². The summed E-state index contributed by atoms with van der Waals surface area (Å²) in [6, 6.07) is 13.7. The predicted octanol–water partition coefficient (Wildman–Crippen LogP) is 5.97. The van der Waals surface area contributed by atoms with Crippen LogP contribution in [0.25, 0.3) is 22.2 Å². The number of ether oxygens (including phenoxy) is 1. The second-order valence-corrected chi connectivity index (χ2v) is 9.19. The predicted molar refractivity (Wildman–Crippen MR) is 141 cm³/mol. The highest BCUT2D eigenvalue weighted by Gasteiger charge is 2.17. The Hall–Kier alpha value is -3.56. The average molecular weight is 489 g/mol. The van der Waals surface area contributed by atoms with Crippen molar-refractivity contribution in [2.75, 3.05) is 6.61 Å². The zero-order valence-corrected chi connectivity index (χ0v) is 21.0. The van der Waals surface area contributed by atoms with E-state index in [0.29, 0.717) is 28.2 Å². The van der Waals surface area contributed by atoms with Gasteiger partial charge in [0, 0.05) is 17.4 Å². The van der Waals surface area contributed by atoms with E-state index in [9.17, 15) is 4.79 Å². The van der Waals surface area contributed by atoms with Crippen LogP contribution in [-0.4, -0.2) is 26.1 Å². The van der Waals surface area contributed by atoms with Crippen LogP contribution >= 0.6 is 11.6 Å². The topological polar surface area (TPSA) is 72.8 Å².